The molecule has 0 aliphatic carbocycles. The molecule has 114 valence electrons. The molecule has 5 nitrogen and oxygen atoms in total. The first-order valence-electron chi connectivity index (χ1n) is 7.24. The van der Waals surface area contributed by atoms with Gasteiger partial charge in [0.15, 0.2) is 0 Å². The first-order chi connectivity index (χ1) is 10.6. The maximum atomic E-state index is 12.5. The molecule has 2 aromatic rings. The highest BCUT2D eigenvalue weighted by Gasteiger charge is 2.28. The van der Waals surface area contributed by atoms with E-state index in [1.165, 1.54) is 11.3 Å². The van der Waals surface area contributed by atoms with Gasteiger partial charge in [0, 0.05) is 24.0 Å². The summed E-state index contributed by atoms with van der Waals surface area (Å²) >= 11 is 1.45. The van der Waals surface area contributed by atoms with E-state index in [2.05, 4.69) is 4.98 Å². The van der Waals surface area contributed by atoms with Gasteiger partial charge in [-0.25, -0.2) is 4.98 Å². The fraction of sp³-hybridized carbons (Fsp3) is 0.312. The van der Waals surface area contributed by atoms with E-state index in [0.717, 1.165) is 23.4 Å². The SMILES string of the molecule is NC(=O)C1CCCN(C(=O)c2csc(-c3ccccc3)n2)C1. The number of benzene rings is 1. The molecule has 2 N–H and O–H groups in total. The molecule has 3 rings (SSSR count). The van der Waals surface area contributed by atoms with Crippen molar-refractivity contribution in [2.45, 2.75) is 12.8 Å². The Morgan fingerprint density at radius 3 is 2.77 bits per heavy atom. The Bertz CT molecular complexity index is 684. The van der Waals surface area contributed by atoms with Gasteiger partial charge in [0.05, 0.1) is 5.92 Å². The van der Waals surface area contributed by atoms with Crippen molar-refractivity contribution in [2.24, 2.45) is 11.7 Å². The summed E-state index contributed by atoms with van der Waals surface area (Å²) in [6.07, 6.45) is 1.56. The maximum absolute atomic E-state index is 12.5. The van der Waals surface area contributed by atoms with E-state index in [-0.39, 0.29) is 17.7 Å². The topological polar surface area (TPSA) is 76.3 Å². The van der Waals surface area contributed by atoms with Gasteiger partial charge in [-0.3, -0.25) is 9.59 Å². The summed E-state index contributed by atoms with van der Waals surface area (Å²) in [6, 6.07) is 9.77. The van der Waals surface area contributed by atoms with Crippen LogP contribution in [0.1, 0.15) is 23.3 Å². The van der Waals surface area contributed by atoms with Crippen molar-refractivity contribution in [1.82, 2.24) is 9.88 Å². The van der Waals surface area contributed by atoms with Gasteiger partial charge in [0.2, 0.25) is 5.91 Å². The lowest BCUT2D eigenvalue weighted by atomic mass is 9.97. The molecule has 2 amide bonds. The summed E-state index contributed by atoms with van der Waals surface area (Å²) < 4.78 is 0. The van der Waals surface area contributed by atoms with E-state index >= 15 is 0 Å². The highest BCUT2D eigenvalue weighted by Crippen LogP contribution is 2.25. The van der Waals surface area contributed by atoms with Crippen molar-refractivity contribution in [1.29, 1.82) is 0 Å². The van der Waals surface area contributed by atoms with Crippen LogP contribution in [-0.4, -0.2) is 34.8 Å². The molecule has 0 bridgehead atoms. The number of carbonyl (C=O) groups excluding carboxylic acids is 2. The molecular formula is C16H17N3O2S. The largest absolute Gasteiger partial charge is 0.369 e. The summed E-state index contributed by atoms with van der Waals surface area (Å²) in [5, 5.41) is 2.60. The Morgan fingerprint density at radius 1 is 1.27 bits per heavy atom. The van der Waals surface area contributed by atoms with Crippen LogP contribution in [-0.2, 0) is 4.79 Å². The van der Waals surface area contributed by atoms with Gasteiger partial charge in [-0.05, 0) is 12.8 Å². The number of thiazole rings is 1. The summed E-state index contributed by atoms with van der Waals surface area (Å²) in [7, 11) is 0. The zero-order valence-corrected chi connectivity index (χ0v) is 12.9. The number of carbonyl (C=O) groups is 2. The first kappa shape index (κ1) is 14.7. The summed E-state index contributed by atoms with van der Waals surface area (Å²) in [6.45, 7) is 1.05. The third-order valence-electron chi connectivity index (χ3n) is 3.86. The van der Waals surface area contributed by atoms with Crippen molar-refractivity contribution in [3.8, 4) is 10.6 Å². The van der Waals surface area contributed by atoms with Crippen LogP contribution in [0.5, 0.6) is 0 Å². The molecule has 6 heteroatoms. The molecule has 1 saturated heterocycles. The van der Waals surface area contributed by atoms with Gasteiger partial charge in [-0.2, -0.15) is 0 Å². The number of hydrogen-bond acceptors (Lipinski definition) is 4. The molecule has 2 heterocycles. The van der Waals surface area contributed by atoms with Gasteiger partial charge in [0.1, 0.15) is 10.7 Å². The van der Waals surface area contributed by atoms with Crippen molar-refractivity contribution >= 4 is 23.2 Å². The maximum Gasteiger partial charge on any atom is 0.273 e. The molecule has 0 spiro atoms. The third-order valence-corrected chi connectivity index (χ3v) is 4.75. The third kappa shape index (κ3) is 3.01. The number of rotatable bonds is 3. The van der Waals surface area contributed by atoms with Gasteiger partial charge >= 0.3 is 0 Å². The Balaban J connectivity index is 1.76. The predicted molar refractivity (Wildman–Crippen MR) is 85.4 cm³/mol. The van der Waals surface area contributed by atoms with Crippen LogP contribution in [0.15, 0.2) is 35.7 Å². The van der Waals surface area contributed by atoms with E-state index in [9.17, 15) is 9.59 Å². The molecule has 0 radical (unpaired) electrons. The van der Waals surface area contributed by atoms with Crippen molar-refractivity contribution in [3.05, 3.63) is 41.4 Å². The van der Waals surface area contributed by atoms with E-state index < -0.39 is 0 Å². The summed E-state index contributed by atoms with van der Waals surface area (Å²) in [5.41, 5.74) is 6.80. The van der Waals surface area contributed by atoms with E-state index in [1.807, 2.05) is 30.3 Å². The number of likely N-dealkylation sites (tertiary alicyclic amines) is 1. The van der Waals surface area contributed by atoms with Crippen molar-refractivity contribution < 1.29 is 9.59 Å². The number of nitrogens with two attached hydrogens (primary N) is 1. The highest BCUT2D eigenvalue weighted by atomic mass is 32.1. The Kier molecular flexibility index (Phi) is 4.20. The quantitative estimate of drug-likeness (QED) is 0.943. The number of primary amides is 1. The van der Waals surface area contributed by atoms with Gasteiger partial charge in [-0.1, -0.05) is 30.3 Å². The average Bonchev–Trinajstić information content (AvgIpc) is 3.05. The standard InChI is InChI=1S/C16H17N3O2S/c17-14(20)12-7-4-8-19(9-12)16(21)13-10-22-15(18-13)11-5-2-1-3-6-11/h1-3,5-6,10,12H,4,7-9H2,(H2,17,20). The minimum absolute atomic E-state index is 0.121. The Morgan fingerprint density at radius 2 is 2.05 bits per heavy atom. The fourth-order valence-corrected chi connectivity index (χ4v) is 3.44. The van der Waals surface area contributed by atoms with Crippen LogP contribution >= 0.6 is 11.3 Å². The van der Waals surface area contributed by atoms with Gasteiger partial charge in [0.25, 0.3) is 5.91 Å². The molecule has 1 aliphatic heterocycles. The van der Waals surface area contributed by atoms with Crippen LogP contribution in [0.2, 0.25) is 0 Å². The molecular weight excluding hydrogens is 298 g/mol. The second-order valence-corrected chi connectivity index (χ2v) is 6.25. The van der Waals surface area contributed by atoms with E-state index in [0.29, 0.717) is 18.8 Å². The van der Waals surface area contributed by atoms with Crippen molar-refractivity contribution in [2.75, 3.05) is 13.1 Å². The van der Waals surface area contributed by atoms with Crippen LogP contribution in [0.3, 0.4) is 0 Å². The van der Waals surface area contributed by atoms with Gasteiger partial charge in [-0.15, -0.1) is 11.3 Å². The summed E-state index contributed by atoms with van der Waals surface area (Å²) in [4.78, 5) is 30.0. The minimum Gasteiger partial charge on any atom is -0.369 e. The molecule has 1 aliphatic rings. The molecule has 1 aromatic heterocycles. The normalized spacial score (nSPS) is 18.2. The predicted octanol–water partition coefficient (Wildman–Crippen LogP) is 2.15. The lowest BCUT2D eigenvalue weighted by molar-refractivity contribution is -0.123. The second kappa shape index (κ2) is 6.27. The number of piperidine rings is 1. The van der Waals surface area contributed by atoms with Gasteiger partial charge < -0.3 is 10.6 Å². The number of hydrogen-bond donors (Lipinski definition) is 1. The van der Waals surface area contributed by atoms with Crippen LogP contribution in [0.4, 0.5) is 0 Å². The number of aromatic nitrogens is 1. The Labute approximate surface area is 132 Å². The molecule has 1 unspecified atom stereocenters. The smallest absolute Gasteiger partial charge is 0.273 e. The van der Waals surface area contributed by atoms with Crippen LogP contribution in [0, 0.1) is 5.92 Å². The Hall–Kier alpha value is -2.21. The number of amides is 2. The highest BCUT2D eigenvalue weighted by molar-refractivity contribution is 7.13. The zero-order chi connectivity index (χ0) is 15.5. The summed E-state index contributed by atoms with van der Waals surface area (Å²) in [5.74, 6) is -0.699. The van der Waals surface area contributed by atoms with Crippen molar-refractivity contribution in [3.63, 3.8) is 0 Å². The average molecular weight is 315 g/mol. The molecule has 0 saturated carbocycles. The first-order valence-corrected chi connectivity index (χ1v) is 8.12. The van der Waals surface area contributed by atoms with Crippen LogP contribution in [0.25, 0.3) is 10.6 Å². The molecule has 1 atom stereocenters. The molecule has 1 aromatic carbocycles. The molecule has 1 fully saturated rings. The lowest BCUT2D eigenvalue weighted by Crippen LogP contribution is -2.44. The minimum atomic E-state index is -0.333. The fourth-order valence-electron chi connectivity index (χ4n) is 2.64. The van der Waals surface area contributed by atoms with Crippen LogP contribution < -0.4 is 5.73 Å². The van der Waals surface area contributed by atoms with E-state index in [4.69, 9.17) is 5.73 Å². The lowest BCUT2D eigenvalue weighted by Gasteiger charge is -2.30. The second-order valence-electron chi connectivity index (χ2n) is 5.40. The molecule has 22 heavy (non-hydrogen) atoms. The monoisotopic (exact) mass is 315 g/mol. The van der Waals surface area contributed by atoms with E-state index in [1.54, 1.807) is 10.3 Å². The zero-order valence-electron chi connectivity index (χ0n) is 12.1. The number of nitrogens with zero attached hydrogens (tertiary/aromatic N) is 2.